The van der Waals surface area contributed by atoms with E-state index >= 15 is 0 Å². The van der Waals surface area contributed by atoms with Crippen molar-refractivity contribution in [3.05, 3.63) is 107 Å². The number of amides is 2. The number of fused-ring (bicyclic) bond motifs is 3. The highest BCUT2D eigenvalue weighted by atomic mass is 32.2. The molecule has 2 amide bonds. The van der Waals surface area contributed by atoms with E-state index in [2.05, 4.69) is 34.3 Å². The lowest BCUT2D eigenvalue weighted by Gasteiger charge is -2.09. The van der Waals surface area contributed by atoms with Gasteiger partial charge in [0, 0.05) is 62.3 Å². The molecular weight excluding hydrogens is 500 g/mol. The van der Waals surface area contributed by atoms with Crippen LogP contribution >= 0.6 is 11.8 Å². The van der Waals surface area contributed by atoms with E-state index in [0.29, 0.717) is 5.69 Å². The zero-order valence-electron chi connectivity index (χ0n) is 20.5. The number of aromatic nitrogens is 1. The highest BCUT2D eigenvalue weighted by Crippen LogP contribution is 2.31. The quantitative estimate of drug-likeness (QED) is 0.133. The molecule has 190 valence electrons. The van der Waals surface area contributed by atoms with Crippen molar-refractivity contribution in [2.24, 2.45) is 0 Å². The minimum atomic E-state index is -0.541. The third kappa shape index (κ3) is 5.23. The van der Waals surface area contributed by atoms with Crippen molar-refractivity contribution in [3.63, 3.8) is 0 Å². The van der Waals surface area contributed by atoms with Gasteiger partial charge in [-0.15, -0.1) is 11.8 Å². The van der Waals surface area contributed by atoms with Gasteiger partial charge in [0.1, 0.15) is 0 Å². The van der Waals surface area contributed by atoms with Crippen LogP contribution in [0.5, 0.6) is 0 Å². The number of nitrogens with zero attached hydrogens (tertiary/aromatic N) is 2. The summed E-state index contributed by atoms with van der Waals surface area (Å²) in [5.41, 5.74) is 3.61. The van der Waals surface area contributed by atoms with Crippen LogP contribution in [0.3, 0.4) is 0 Å². The van der Waals surface area contributed by atoms with Gasteiger partial charge in [-0.05, 0) is 55.5 Å². The molecule has 1 aromatic heterocycles. The van der Waals surface area contributed by atoms with Crippen LogP contribution < -0.4 is 10.6 Å². The van der Waals surface area contributed by atoms with E-state index in [4.69, 9.17) is 0 Å². The smallest absolute Gasteiger partial charge is 0.270 e. The molecule has 4 aromatic carbocycles. The lowest BCUT2D eigenvalue weighted by Crippen LogP contribution is -2.14. The molecule has 0 spiro atoms. The van der Waals surface area contributed by atoms with Crippen LogP contribution in [-0.2, 0) is 11.3 Å². The molecule has 5 rings (SSSR count). The number of nitro benzene ring substituents is 1. The summed E-state index contributed by atoms with van der Waals surface area (Å²) in [5.74, 6) is -0.398. The first-order chi connectivity index (χ1) is 18.4. The monoisotopic (exact) mass is 524 g/mol. The number of nitrogens with one attached hydrogen (secondary N) is 2. The summed E-state index contributed by atoms with van der Waals surface area (Å²) in [4.78, 5) is 36.5. The first-order valence-electron chi connectivity index (χ1n) is 12.0. The summed E-state index contributed by atoms with van der Waals surface area (Å²) in [6.07, 6.45) is 0. The number of hydrogen-bond acceptors (Lipinski definition) is 5. The van der Waals surface area contributed by atoms with E-state index in [1.165, 1.54) is 41.5 Å². The Hall–Kier alpha value is -4.63. The van der Waals surface area contributed by atoms with Crippen LogP contribution in [0.4, 0.5) is 17.1 Å². The predicted molar refractivity (Wildman–Crippen MR) is 152 cm³/mol. The molecule has 0 radical (unpaired) electrons. The first kappa shape index (κ1) is 25.0. The summed E-state index contributed by atoms with van der Waals surface area (Å²) in [5, 5.41) is 19.0. The molecule has 0 bridgehead atoms. The van der Waals surface area contributed by atoms with Crippen LogP contribution in [0.1, 0.15) is 17.3 Å². The SMILES string of the molecule is CCn1c2ccccc2c2cc(NC(=O)CSc3cccc(NC(=O)c4cccc([N+](=O)[O-])c4)c3)ccc21. The number of rotatable bonds is 8. The first-order valence-corrected chi connectivity index (χ1v) is 13.0. The van der Waals surface area contributed by atoms with Gasteiger partial charge in [-0.2, -0.15) is 0 Å². The van der Waals surface area contributed by atoms with E-state index in [9.17, 15) is 19.7 Å². The van der Waals surface area contributed by atoms with E-state index in [-0.39, 0.29) is 22.9 Å². The van der Waals surface area contributed by atoms with Crippen LogP contribution in [0.2, 0.25) is 0 Å². The Morgan fingerprint density at radius 3 is 2.42 bits per heavy atom. The van der Waals surface area contributed by atoms with Crippen molar-refractivity contribution in [1.29, 1.82) is 0 Å². The van der Waals surface area contributed by atoms with Crippen LogP contribution in [-0.4, -0.2) is 27.1 Å². The summed E-state index contributed by atoms with van der Waals surface area (Å²) in [6, 6.07) is 26.9. The molecule has 0 saturated heterocycles. The summed E-state index contributed by atoms with van der Waals surface area (Å²) in [6.45, 7) is 2.98. The molecule has 0 saturated carbocycles. The Bertz CT molecular complexity index is 1700. The Morgan fingerprint density at radius 1 is 0.842 bits per heavy atom. The van der Waals surface area contributed by atoms with E-state index < -0.39 is 10.8 Å². The number of aryl methyl sites for hydroxylation is 1. The highest BCUT2D eigenvalue weighted by molar-refractivity contribution is 8.00. The molecule has 0 fully saturated rings. The highest BCUT2D eigenvalue weighted by Gasteiger charge is 2.13. The minimum Gasteiger partial charge on any atom is -0.341 e. The number of anilines is 2. The Balaban J connectivity index is 1.23. The van der Waals surface area contributed by atoms with Gasteiger partial charge in [0.15, 0.2) is 0 Å². The number of para-hydroxylation sites is 1. The second-order valence-corrected chi connectivity index (χ2v) is 9.67. The lowest BCUT2D eigenvalue weighted by molar-refractivity contribution is -0.384. The molecule has 0 atom stereocenters. The van der Waals surface area contributed by atoms with E-state index in [1.807, 2.05) is 36.4 Å². The average Bonchev–Trinajstić information content (AvgIpc) is 3.25. The number of carbonyl (C=O) groups excluding carboxylic acids is 2. The van der Waals surface area contributed by atoms with Gasteiger partial charge in [-0.3, -0.25) is 19.7 Å². The maximum atomic E-state index is 12.7. The lowest BCUT2D eigenvalue weighted by atomic mass is 10.1. The maximum Gasteiger partial charge on any atom is 0.270 e. The van der Waals surface area contributed by atoms with Gasteiger partial charge in [0.2, 0.25) is 5.91 Å². The fourth-order valence-corrected chi connectivity index (χ4v) is 5.20. The Morgan fingerprint density at radius 2 is 1.61 bits per heavy atom. The summed E-state index contributed by atoms with van der Waals surface area (Å²) in [7, 11) is 0. The van der Waals surface area contributed by atoms with Crippen LogP contribution in [0.25, 0.3) is 21.8 Å². The molecular formula is C29H24N4O4S. The fraction of sp³-hybridized carbons (Fsp3) is 0.103. The number of benzene rings is 4. The zero-order chi connectivity index (χ0) is 26.6. The summed E-state index contributed by atoms with van der Waals surface area (Å²) < 4.78 is 2.26. The van der Waals surface area contributed by atoms with Crippen molar-refractivity contribution < 1.29 is 14.5 Å². The second-order valence-electron chi connectivity index (χ2n) is 8.62. The van der Waals surface area contributed by atoms with Gasteiger partial charge in [-0.1, -0.05) is 30.3 Å². The van der Waals surface area contributed by atoms with Gasteiger partial charge in [0.25, 0.3) is 11.6 Å². The normalized spacial score (nSPS) is 11.0. The molecule has 0 unspecified atom stereocenters. The molecule has 38 heavy (non-hydrogen) atoms. The molecule has 1 heterocycles. The molecule has 2 N–H and O–H groups in total. The van der Waals surface area contributed by atoms with Crippen molar-refractivity contribution in [2.45, 2.75) is 18.4 Å². The molecule has 0 aliphatic rings. The zero-order valence-corrected chi connectivity index (χ0v) is 21.3. The maximum absolute atomic E-state index is 12.7. The van der Waals surface area contributed by atoms with Crippen molar-refractivity contribution in [2.75, 3.05) is 16.4 Å². The molecule has 5 aromatic rings. The van der Waals surface area contributed by atoms with Crippen molar-refractivity contribution in [1.82, 2.24) is 4.57 Å². The van der Waals surface area contributed by atoms with Crippen LogP contribution in [0.15, 0.2) is 95.9 Å². The molecule has 0 aliphatic carbocycles. The van der Waals surface area contributed by atoms with Crippen LogP contribution in [0, 0.1) is 10.1 Å². The van der Waals surface area contributed by atoms with Crippen molar-refractivity contribution in [3.8, 4) is 0 Å². The standard InChI is InChI=1S/C29H24N4O4S/c1-2-32-26-12-4-3-11-24(26)25-17-21(13-14-27(25)32)30-28(34)18-38-23-10-6-8-20(16-23)31-29(35)19-7-5-9-22(15-19)33(36)37/h3-17H,2,18H2,1H3,(H,30,34)(H,31,35). The van der Waals surface area contributed by atoms with Gasteiger partial charge < -0.3 is 15.2 Å². The number of carbonyl (C=O) groups is 2. The Kier molecular flexibility index (Phi) is 7.10. The van der Waals surface area contributed by atoms with E-state index in [1.54, 1.807) is 18.2 Å². The molecule has 8 nitrogen and oxygen atoms in total. The minimum absolute atomic E-state index is 0.139. The van der Waals surface area contributed by atoms with Gasteiger partial charge in [0.05, 0.1) is 10.7 Å². The van der Waals surface area contributed by atoms with E-state index in [0.717, 1.165) is 33.4 Å². The summed E-state index contributed by atoms with van der Waals surface area (Å²) >= 11 is 1.35. The number of thioether (sulfide) groups is 1. The number of nitro groups is 1. The largest absolute Gasteiger partial charge is 0.341 e. The van der Waals surface area contributed by atoms with Crippen molar-refractivity contribution >= 4 is 62.4 Å². The van der Waals surface area contributed by atoms with Gasteiger partial charge in [-0.25, -0.2) is 0 Å². The second kappa shape index (κ2) is 10.8. The van der Waals surface area contributed by atoms with Gasteiger partial charge >= 0.3 is 0 Å². The predicted octanol–water partition coefficient (Wildman–Crippen LogP) is 6.71. The Labute approximate surface area is 222 Å². The molecule has 0 aliphatic heterocycles. The fourth-order valence-electron chi connectivity index (χ4n) is 4.45. The average molecular weight is 525 g/mol. The topological polar surface area (TPSA) is 106 Å². The molecule has 9 heteroatoms. The third-order valence-corrected chi connectivity index (χ3v) is 7.15. The number of non-ortho nitro benzene ring substituents is 1. The number of hydrogen-bond donors (Lipinski definition) is 2. The third-order valence-electron chi connectivity index (χ3n) is 6.15.